The van der Waals surface area contributed by atoms with Gasteiger partial charge in [0.2, 0.25) is 5.82 Å². The molecule has 1 aromatic heterocycles. The monoisotopic (exact) mass is 533 g/mol. The molecule has 4 rings (SSSR count). The smallest absolute Gasteiger partial charge is 0.416 e. The molecule has 2 atom stereocenters. The fraction of sp³-hybridized carbons (Fsp3) is 0.318. The summed E-state index contributed by atoms with van der Waals surface area (Å²) in [5, 5.41) is 12.4. The van der Waals surface area contributed by atoms with E-state index in [-0.39, 0.29) is 34.1 Å². The van der Waals surface area contributed by atoms with Crippen molar-refractivity contribution in [2.24, 2.45) is 0 Å². The lowest BCUT2D eigenvalue weighted by atomic mass is 9.96. The van der Waals surface area contributed by atoms with Gasteiger partial charge in [0.25, 0.3) is 0 Å². The van der Waals surface area contributed by atoms with Gasteiger partial charge in [-0.1, -0.05) is 12.1 Å². The van der Waals surface area contributed by atoms with E-state index in [9.17, 15) is 31.9 Å². The number of carbonyl (C=O) groups is 1. The number of aromatic nitrogens is 3. The topological polar surface area (TPSA) is 95.7 Å². The Morgan fingerprint density at radius 3 is 2.42 bits per heavy atom. The number of ether oxygens (including phenoxy) is 3. The molecule has 3 aromatic rings. The lowest BCUT2D eigenvalue weighted by Crippen LogP contribution is -2.17. The van der Waals surface area contributed by atoms with Crippen molar-refractivity contribution in [3.05, 3.63) is 64.7 Å². The molecule has 1 aliphatic rings. The molecule has 0 bridgehead atoms. The molecular formula is C22H17ClF5N3O5. The third-order valence-electron chi connectivity index (χ3n) is 5.48. The van der Waals surface area contributed by atoms with E-state index >= 15 is 0 Å². The van der Waals surface area contributed by atoms with Crippen molar-refractivity contribution in [3.63, 3.8) is 0 Å². The van der Waals surface area contributed by atoms with Crippen LogP contribution in [0.2, 0.25) is 0 Å². The van der Waals surface area contributed by atoms with E-state index < -0.39 is 47.5 Å². The predicted molar refractivity (Wildman–Crippen MR) is 114 cm³/mol. The maximum atomic E-state index is 14.3. The van der Waals surface area contributed by atoms with Gasteiger partial charge in [-0.25, -0.2) is 0 Å². The van der Waals surface area contributed by atoms with E-state index in [1.807, 2.05) is 0 Å². The molecule has 2 aromatic carbocycles. The minimum atomic E-state index is -4.79. The van der Waals surface area contributed by atoms with Gasteiger partial charge in [0.1, 0.15) is 12.2 Å². The van der Waals surface area contributed by atoms with E-state index in [0.29, 0.717) is 6.07 Å². The highest BCUT2D eigenvalue weighted by atomic mass is 35.5. The number of hydrogen-bond donors (Lipinski definition) is 1. The zero-order valence-electron chi connectivity index (χ0n) is 18.5. The maximum Gasteiger partial charge on any atom is 0.416 e. The molecule has 0 amide bonds. The van der Waals surface area contributed by atoms with Crippen molar-refractivity contribution < 1.29 is 46.1 Å². The van der Waals surface area contributed by atoms with Gasteiger partial charge in [-0.3, -0.25) is 9.36 Å². The first-order chi connectivity index (χ1) is 16.9. The molecule has 0 saturated carbocycles. The molecular weight excluding hydrogens is 517 g/mol. The molecule has 1 N–H and O–H groups in total. The van der Waals surface area contributed by atoms with E-state index in [1.54, 1.807) is 0 Å². The molecule has 0 radical (unpaired) electrons. The summed E-state index contributed by atoms with van der Waals surface area (Å²) in [5.74, 6) is -2.58. The molecule has 36 heavy (non-hydrogen) atoms. The Labute approximate surface area is 205 Å². The molecule has 0 unspecified atom stereocenters. The van der Waals surface area contributed by atoms with Crippen molar-refractivity contribution in [3.8, 4) is 17.2 Å². The number of nitrogens with zero attached hydrogens (tertiary/aromatic N) is 3. The van der Waals surface area contributed by atoms with Crippen molar-refractivity contribution in [2.45, 2.75) is 30.2 Å². The molecule has 0 spiro atoms. The van der Waals surface area contributed by atoms with Gasteiger partial charge in [-0.05, 0) is 35.9 Å². The van der Waals surface area contributed by atoms with Gasteiger partial charge < -0.3 is 19.3 Å². The summed E-state index contributed by atoms with van der Waals surface area (Å²) in [6.45, 7) is 0. The highest BCUT2D eigenvalue weighted by molar-refractivity contribution is 6.21. The predicted octanol–water partition coefficient (Wildman–Crippen LogP) is 5.23. The summed E-state index contributed by atoms with van der Waals surface area (Å²) in [6, 6.07) is 6.88. The summed E-state index contributed by atoms with van der Waals surface area (Å²) >= 11 is 5.22. The van der Waals surface area contributed by atoms with Crippen LogP contribution in [0.4, 0.5) is 22.0 Å². The van der Waals surface area contributed by atoms with Crippen LogP contribution < -0.4 is 9.47 Å². The van der Waals surface area contributed by atoms with Crippen molar-refractivity contribution in [2.75, 3.05) is 14.2 Å². The number of aliphatic carboxylic acids is 1. The van der Waals surface area contributed by atoms with Gasteiger partial charge in [0.15, 0.2) is 17.3 Å². The zero-order chi connectivity index (χ0) is 26.4. The van der Waals surface area contributed by atoms with Crippen LogP contribution in [-0.4, -0.2) is 40.1 Å². The molecule has 0 saturated heterocycles. The minimum absolute atomic E-state index is 0.0861. The number of carboxylic acids is 1. The van der Waals surface area contributed by atoms with Crippen molar-refractivity contribution in [1.82, 2.24) is 14.8 Å². The van der Waals surface area contributed by atoms with Gasteiger partial charge in [-0.15, -0.1) is 10.2 Å². The van der Waals surface area contributed by atoms with Gasteiger partial charge >= 0.3 is 17.5 Å². The molecule has 0 aliphatic carbocycles. The third-order valence-corrected chi connectivity index (χ3v) is 5.65. The number of methoxy groups -OCH3 is 2. The van der Waals surface area contributed by atoms with Crippen LogP contribution in [-0.2, 0) is 21.1 Å². The minimum Gasteiger partial charge on any atom is -0.493 e. The number of carboxylic acid groups (broad SMARTS) is 1. The normalized spacial score (nSPS) is 17.7. The fourth-order valence-corrected chi connectivity index (χ4v) is 4.15. The van der Waals surface area contributed by atoms with Crippen LogP contribution in [0.25, 0.3) is 5.69 Å². The van der Waals surface area contributed by atoms with Crippen LogP contribution in [0.15, 0.2) is 36.4 Å². The number of para-hydroxylation sites is 1. The summed E-state index contributed by atoms with van der Waals surface area (Å²) in [6.07, 6.45) is -8.49. The summed E-state index contributed by atoms with van der Waals surface area (Å²) in [7, 11) is 2.63. The Morgan fingerprint density at radius 1 is 1.11 bits per heavy atom. The quantitative estimate of drug-likeness (QED) is 0.342. The van der Waals surface area contributed by atoms with Gasteiger partial charge in [0, 0.05) is 11.1 Å². The molecule has 1 aliphatic heterocycles. The Balaban J connectivity index is 2.08. The highest BCUT2D eigenvalue weighted by Gasteiger charge is 2.43. The standard InChI is InChI=1S/C22H17ClF5N3O5/c1-34-14-5-3-4-11(18(14)35-2)17-12-8-10(22(26,27)28)6-7-13(12)31-19(15(36-17)9-16(32)33)29-30-20(31)21(23,24)25/h3-8,15,17H,9H2,1-2H3,(H,32,33)/t15-,17-/m1/s1. The number of fused-ring (bicyclic) bond motifs is 3. The van der Waals surface area contributed by atoms with E-state index in [1.165, 1.54) is 32.4 Å². The van der Waals surface area contributed by atoms with Crippen LogP contribution in [0.5, 0.6) is 11.5 Å². The second-order valence-electron chi connectivity index (χ2n) is 7.67. The van der Waals surface area contributed by atoms with E-state index in [2.05, 4.69) is 10.2 Å². The summed E-state index contributed by atoms with van der Waals surface area (Å²) in [4.78, 5) is 11.6. The Hall–Kier alpha value is -3.45. The Morgan fingerprint density at radius 2 is 1.83 bits per heavy atom. The number of hydrogen-bond acceptors (Lipinski definition) is 6. The number of alkyl halides is 6. The molecule has 2 heterocycles. The van der Waals surface area contributed by atoms with E-state index in [0.717, 1.165) is 16.7 Å². The number of halogens is 6. The van der Waals surface area contributed by atoms with Crippen LogP contribution in [0, 0.1) is 0 Å². The zero-order valence-corrected chi connectivity index (χ0v) is 19.3. The van der Waals surface area contributed by atoms with Crippen molar-refractivity contribution in [1.29, 1.82) is 0 Å². The molecule has 192 valence electrons. The number of benzene rings is 2. The first-order valence-electron chi connectivity index (χ1n) is 10.2. The third kappa shape index (κ3) is 4.55. The largest absolute Gasteiger partial charge is 0.493 e. The van der Waals surface area contributed by atoms with Crippen LogP contribution in [0.1, 0.15) is 47.0 Å². The lowest BCUT2D eigenvalue weighted by molar-refractivity contribution is -0.141. The first-order valence-corrected chi connectivity index (χ1v) is 10.6. The Bertz CT molecular complexity index is 1310. The molecule has 8 nitrogen and oxygen atoms in total. The molecule has 14 heteroatoms. The lowest BCUT2D eigenvalue weighted by Gasteiger charge is -2.25. The fourth-order valence-electron chi connectivity index (χ4n) is 4.03. The van der Waals surface area contributed by atoms with Gasteiger partial charge in [-0.2, -0.15) is 22.0 Å². The highest BCUT2D eigenvalue weighted by Crippen LogP contribution is 2.48. The van der Waals surface area contributed by atoms with E-state index in [4.69, 9.17) is 25.8 Å². The summed E-state index contributed by atoms with van der Waals surface area (Å²) in [5.41, 5.74) is -1.37. The molecule has 0 fully saturated rings. The average Bonchev–Trinajstić information content (AvgIpc) is 3.21. The maximum absolute atomic E-state index is 14.3. The first kappa shape index (κ1) is 25.6. The second-order valence-corrected chi connectivity index (χ2v) is 8.15. The average molecular weight is 534 g/mol. The van der Waals surface area contributed by atoms with Crippen molar-refractivity contribution >= 4 is 17.6 Å². The SMILES string of the molecule is COc1cccc([C@H]2O[C@H](CC(=O)O)c3nnc(C(F)(F)Cl)n3-c3ccc(C(F)(F)F)cc32)c1OC. The van der Waals surface area contributed by atoms with Gasteiger partial charge in [0.05, 0.1) is 31.9 Å². The Kier molecular flexibility index (Phi) is 6.56. The summed E-state index contributed by atoms with van der Waals surface area (Å²) < 4.78 is 86.9. The van der Waals surface area contributed by atoms with Crippen LogP contribution >= 0.6 is 11.6 Å². The second kappa shape index (κ2) is 9.21. The number of rotatable bonds is 6. The van der Waals surface area contributed by atoms with Crippen LogP contribution in [0.3, 0.4) is 0 Å².